The van der Waals surface area contributed by atoms with E-state index in [-0.39, 0.29) is 17.4 Å². The Morgan fingerprint density at radius 2 is 1.82 bits per heavy atom. The molecular formula is C23H19ClF3N3O3. The van der Waals surface area contributed by atoms with Gasteiger partial charge in [0.05, 0.1) is 5.54 Å². The van der Waals surface area contributed by atoms with Gasteiger partial charge in [-0.2, -0.15) is 18.3 Å². The molecule has 0 radical (unpaired) electrons. The summed E-state index contributed by atoms with van der Waals surface area (Å²) in [5.41, 5.74) is -1.67. The van der Waals surface area contributed by atoms with Crippen LogP contribution in [0.25, 0.3) is 0 Å². The van der Waals surface area contributed by atoms with E-state index in [0.717, 1.165) is 4.68 Å². The maximum absolute atomic E-state index is 13.7. The third-order valence-corrected chi connectivity index (χ3v) is 5.68. The number of amides is 1. The average Bonchev–Trinajstić information content (AvgIpc) is 3.44. The van der Waals surface area contributed by atoms with Gasteiger partial charge >= 0.3 is 6.18 Å². The first kappa shape index (κ1) is 22.8. The molecule has 0 aliphatic heterocycles. The summed E-state index contributed by atoms with van der Waals surface area (Å²) in [6.45, 7) is 1.44. The van der Waals surface area contributed by atoms with Crippen LogP contribution in [-0.4, -0.2) is 21.5 Å². The predicted octanol–water partition coefficient (Wildman–Crippen LogP) is 5.51. The summed E-state index contributed by atoms with van der Waals surface area (Å²) >= 11 is 5.94. The lowest BCUT2D eigenvalue weighted by atomic mass is 10.0. The number of ether oxygens (including phenoxy) is 1. The second-order valence-electron chi connectivity index (χ2n) is 7.88. The summed E-state index contributed by atoms with van der Waals surface area (Å²) < 4.78 is 47.7. The van der Waals surface area contributed by atoms with Crippen molar-refractivity contribution in [2.24, 2.45) is 7.05 Å². The van der Waals surface area contributed by atoms with Crippen LogP contribution in [0, 0.1) is 0 Å². The van der Waals surface area contributed by atoms with Crippen LogP contribution in [-0.2, 0) is 18.8 Å². The first-order chi connectivity index (χ1) is 15.5. The number of Topliss-reactive ketones (excluding diaryl/α,β-unsaturated/α-hetero) is 1. The number of nitrogens with zero attached hydrogens (tertiary/aromatic N) is 2. The van der Waals surface area contributed by atoms with E-state index < -0.39 is 28.9 Å². The molecule has 10 heteroatoms. The SMILES string of the molecule is CC(=O)c1ccc(C2(NC(=O)c3c(C(F)(F)F)nn(C)c3Oc3cccc(Cl)c3)CC2)cc1. The summed E-state index contributed by atoms with van der Waals surface area (Å²) in [5.74, 6) is -1.26. The molecule has 3 aromatic rings. The number of aryl methyl sites for hydroxylation is 1. The molecule has 0 spiro atoms. The smallest absolute Gasteiger partial charge is 0.436 e. The molecule has 172 valence electrons. The van der Waals surface area contributed by atoms with Crippen LogP contribution in [0.5, 0.6) is 11.6 Å². The van der Waals surface area contributed by atoms with Gasteiger partial charge in [0, 0.05) is 17.6 Å². The van der Waals surface area contributed by atoms with Crippen molar-refractivity contribution in [2.45, 2.75) is 31.5 Å². The highest BCUT2D eigenvalue weighted by Gasteiger charge is 2.48. The number of rotatable bonds is 6. The van der Waals surface area contributed by atoms with E-state index in [4.69, 9.17) is 16.3 Å². The summed E-state index contributed by atoms with van der Waals surface area (Å²) in [6, 6.07) is 12.7. The molecule has 0 unspecified atom stereocenters. The maximum Gasteiger partial charge on any atom is 0.436 e. The first-order valence-electron chi connectivity index (χ1n) is 10.0. The number of hydrogen-bond donors (Lipinski definition) is 1. The Morgan fingerprint density at radius 1 is 1.15 bits per heavy atom. The van der Waals surface area contributed by atoms with Gasteiger partial charge in [-0.3, -0.25) is 9.59 Å². The lowest BCUT2D eigenvalue weighted by molar-refractivity contribution is -0.141. The Bertz CT molecular complexity index is 1230. The van der Waals surface area contributed by atoms with E-state index in [2.05, 4.69) is 10.4 Å². The van der Waals surface area contributed by atoms with Gasteiger partial charge in [-0.05, 0) is 43.5 Å². The second-order valence-corrected chi connectivity index (χ2v) is 8.32. The zero-order valence-corrected chi connectivity index (χ0v) is 18.4. The van der Waals surface area contributed by atoms with Crippen molar-refractivity contribution in [2.75, 3.05) is 0 Å². The molecule has 4 rings (SSSR count). The van der Waals surface area contributed by atoms with E-state index in [1.165, 1.54) is 26.1 Å². The molecule has 0 atom stereocenters. The van der Waals surface area contributed by atoms with Gasteiger partial charge in [-0.25, -0.2) is 4.68 Å². The maximum atomic E-state index is 13.7. The van der Waals surface area contributed by atoms with Crippen molar-refractivity contribution in [1.82, 2.24) is 15.1 Å². The topological polar surface area (TPSA) is 73.2 Å². The van der Waals surface area contributed by atoms with Crippen LogP contribution in [0.2, 0.25) is 5.02 Å². The van der Waals surface area contributed by atoms with Gasteiger partial charge in [-0.15, -0.1) is 0 Å². The highest BCUT2D eigenvalue weighted by atomic mass is 35.5. The van der Waals surface area contributed by atoms with Crippen LogP contribution in [0.15, 0.2) is 48.5 Å². The van der Waals surface area contributed by atoms with Gasteiger partial charge in [0.1, 0.15) is 11.3 Å². The zero-order valence-electron chi connectivity index (χ0n) is 17.7. The summed E-state index contributed by atoms with van der Waals surface area (Å²) in [5, 5.41) is 6.56. The number of halogens is 4. The Hall–Kier alpha value is -3.33. The molecule has 0 saturated heterocycles. The van der Waals surface area contributed by atoms with Crippen molar-refractivity contribution < 1.29 is 27.5 Å². The molecule has 1 aromatic heterocycles. The van der Waals surface area contributed by atoms with E-state index in [1.807, 2.05) is 0 Å². The minimum Gasteiger partial charge on any atom is -0.438 e. The van der Waals surface area contributed by atoms with E-state index in [9.17, 15) is 22.8 Å². The first-order valence-corrected chi connectivity index (χ1v) is 10.4. The molecule has 1 aliphatic carbocycles. The lowest BCUT2D eigenvalue weighted by Crippen LogP contribution is -2.36. The highest BCUT2D eigenvalue weighted by molar-refractivity contribution is 6.30. The summed E-state index contributed by atoms with van der Waals surface area (Å²) in [6.07, 6.45) is -3.78. The third-order valence-electron chi connectivity index (χ3n) is 5.45. The summed E-state index contributed by atoms with van der Waals surface area (Å²) in [4.78, 5) is 24.7. The van der Waals surface area contributed by atoms with Crippen molar-refractivity contribution in [3.8, 4) is 11.6 Å². The minimum atomic E-state index is -4.87. The molecular weight excluding hydrogens is 459 g/mol. The number of carbonyl (C=O) groups excluding carboxylic acids is 2. The molecule has 1 saturated carbocycles. The normalized spacial score (nSPS) is 14.6. The van der Waals surface area contributed by atoms with Crippen molar-refractivity contribution in [3.63, 3.8) is 0 Å². The van der Waals surface area contributed by atoms with Gasteiger partial charge in [0.2, 0.25) is 5.88 Å². The average molecular weight is 478 g/mol. The molecule has 1 N–H and O–H groups in total. The third kappa shape index (κ3) is 4.59. The highest BCUT2D eigenvalue weighted by Crippen LogP contribution is 2.46. The molecule has 1 fully saturated rings. The summed E-state index contributed by atoms with van der Waals surface area (Å²) in [7, 11) is 1.26. The monoisotopic (exact) mass is 477 g/mol. The number of aromatic nitrogens is 2. The number of carbonyl (C=O) groups is 2. The Kier molecular flexibility index (Phi) is 5.69. The van der Waals surface area contributed by atoms with Crippen molar-refractivity contribution >= 4 is 23.3 Å². The van der Waals surface area contributed by atoms with Crippen molar-refractivity contribution in [1.29, 1.82) is 0 Å². The van der Waals surface area contributed by atoms with Gasteiger partial charge < -0.3 is 10.1 Å². The molecule has 1 amide bonds. The number of benzene rings is 2. The number of hydrogen-bond acceptors (Lipinski definition) is 4. The van der Waals surface area contributed by atoms with Crippen LogP contribution in [0.4, 0.5) is 13.2 Å². The molecule has 1 heterocycles. The van der Waals surface area contributed by atoms with Gasteiger partial charge in [0.25, 0.3) is 5.91 Å². The van der Waals surface area contributed by atoms with E-state index >= 15 is 0 Å². The quantitative estimate of drug-likeness (QED) is 0.475. The second kappa shape index (κ2) is 8.22. The number of ketones is 1. The fourth-order valence-electron chi connectivity index (χ4n) is 3.59. The van der Waals surface area contributed by atoms with Crippen LogP contribution in [0.1, 0.15) is 51.7 Å². The lowest BCUT2D eigenvalue weighted by Gasteiger charge is -2.19. The van der Waals surface area contributed by atoms with E-state index in [0.29, 0.717) is 29.0 Å². The van der Waals surface area contributed by atoms with Crippen LogP contribution in [0.3, 0.4) is 0 Å². The molecule has 33 heavy (non-hydrogen) atoms. The molecule has 6 nitrogen and oxygen atoms in total. The van der Waals surface area contributed by atoms with Crippen LogP contribution < -0.4 is 10.1 Å². The standard InChI is InChI=1S/C23H19ClF3N3O3/c1-13(31)14-6-8-15(9-7-14)22(10-11-22)28-20(32)18-19(23(25,26)27)29-30(2)21(18)33-17-5-3-4-16(24)12-17/h3-9,12H,10-11H2,1-2H3,(H,28,32). The number of alkyl halides is 3. The molecule has 2 aromatic carbocycles. The molecule has 1 aliphatic rings. The van der Waals surface area contributed by atoms with Crippen LogP contribution >= 0.6 is 11.6 Å². The Morgan fingerprint density at radius 3 is 2.36 bits per heavy atom. The van der Waals surface area contributed by atoms with Gasteiger partial charge in [-0.1, -0.05) is 41.9 Å². The van der Waals surface area contributed by atoms with Gasteiger partial charge in [0.15, 0.2) is 11.5 Å². The largest absolute Gasteiger partial charge is 0.438 e. The Labute approximate surface area is 192 Å². The Balaban J connectivity index is 1.69. The molecule has 0 bridgehead atoms. The number of nitrogens with one attached hydrogen (secondary N) is 1. The zero-order chi connectivity index (χ0) is 24.0. The fourth-order valence-corrected chi connectivity index (χ4v) is 3.77. The van der Waals surface area contributed by atoms with E-state index in [1.54, 1.807) is 36.4 Å². The fraction of sp³-hybridized carbons (Fsp3) is 0.261. The minimum absolute atomic E-state index is 0.108. The van der Waals surface area contributed by atoms with Crippen molar-refractivity contribution in [3.05, 3.63) is 75.9 Å². The predicted molar refractivity (Wildman–Crippen MR) is 115 cm³/mol.